The minimum atomic E-state index is -0.0734. The van der Waals surface area contributed by atoms with Crippen LogP contribution in [0.1, 0.15) is 24.8 Å². The van der Waals surface area contributed by atoms with Gasteiger partial charge in [0.1, 0.15) is 0 Å². The third-order valence-corrected chi connectivity index (χ3v) is 6.24. The maximum Gasteiger partial charge on any atom is 0.212 e. The summed E-state index contributed by atoms with van der Waals surface area (Å²) >= 11 is 0. The van der Waals surface area contributed by atoms with Gasteiger partial charge in [0.25, 0.3) is 0 Å². The first-order valence-corrected chi connectivity index (χ1v) is 11.8. The molecular weight excluding hydrogens is 430 g/mol. The Balaban J connectivity index is 1.14. The molecule has 5 heterocycles. The van der Waals surface area contributed by atoms with Crippen LogP contribution in [0.25, 0.3) is 22.2 Å². The normalized spacial score (nSPS) is 17.9. The minimum Gasteiger partial charge on any atom is -0.353 e. The predicted molar refractivity (Wildman–Crippen MR) is 128 cm³/mol. The average Bonchev–Trinajstić information content (AvgIpc) is 3.52. The van der Waals surface area contributed by atoms with Crippen LogP contribution in [0.5, 0.6) is 0 Å². The number of nitrogens with one attached hydrogen (secondary N) is 1. The Morgan fingerprint density at radius 1 is 1.18 bits per heavy atom. The number of quaternary nitrogens is 1. The maximum atomic E-state index is 5.84. The van der Waals surface area contributed by atoms with E-state index in [0.29, 0.717) is 19.7 Å². The first-order chi connectivity index (χ1) is 16.8. The molecule has 6 rings (SSSR count). The number of nitrogens with two attached hydrogens (primary N) is 1. The molecule has 174 valence electrons. The molecule has 1 atom stereocenters. The van der Waals surface area contributed by atoms with E-state index < -0.39 is 0 Å². The van der Waals surface area contributed by atoms with E-state index in [2.05, 4.69) is 51.0 Å². The van der Waals surface area contributed by atoms with E-state index in [4.69, 9.17) is 14.5 Å². The molecule has 0 radical (unpaired) electrons. The monoisotopic (exact) mass is 458 g/mol. The van der Waals surface area contributed by atoms with Crippen molar-refractivity contribution in [1.29, 1.82) is 0 Å². The Kier molecular flexibility index (Phi) is 5.90. The molecule has 2 aliphatic rings. The number of rotatable bonds is 7. The number of hydrogen-bond acceptors (Lipinski definition) is 7. The Morgan fingerprint density at radius 3 is 3.12 bits per heavy atom. The first-order valence-electron chi connectivity index (χ1n) is 11.8. The summed E-state index contributed by atoms with van der Waals surface area (Å²) < 4.78 is 13.4. The van der Waals surface area contributed by atoms with Gasteiger partial charge < -0.3 is 9.47 Å². The van der Waals surface area contributed by atoms with E-state index in [9.17, 15) is 0 Å². The van der Waals surface area contributed by atoms with E-state index in [1.165, 1.54) is 12.0 Å². The molecule has 4 aromatic rings. The molecule has 2 aliphatic heterocycles. The molecule has 34 heavy (non-hydrogen) atoms. The van der Waals surface area contributed by atoms with Crippen molar-refractivity contribution in [3.8, 4) is 11.3 Å². The van der Waals surface area contributed by atoms with E-state index in [1.807, 2.05) is 40.8 Å². The zero-order chi connectivity index (χ0) is 22.7. The molecule has 0 saturated carbocycles. The molecule has 0 bridgehead atoms. The number of pyridine rings is 2. The second kappa shape index (κ2) is 9.47. The predicted octanol–water partition coefficient (Wildman–Crippen LogP) is 2.67. The van der Waals surface area contributed by atoms with Crippen LogP contribution in [0.3, 0.4) is 0 Å². The quantitative estimate of drug-likeness (QED) is 0.411. The van der Waals surface area contributed by atoms with Crippen molar-refractivity contribution < 1.29 is 14.9 Å². The van der Waals surface area contributed by atoms with Crippen LogP contribution >= 0.6 is 0 Å². The van der Waals surface area contributed by atoms with Gasteiger partial charge in [0.15, 0.2) is 12.0 Å². The van der Waals surface area contributed by atoms with Crippen LogP contribution in [0.2, 0.25) is 0 Å². The highest BCUT2D eigenvalue weighted by Crippen LogP contribution is 2.27. The Bertz CT molecular complexity index is 1290. The fraction of sp³-hybridized carbons (Fsp3) is 0.320. The lowest BCUT2D eigenvalue weighted by Gasteiger charge is -2.22. The number of hydrazine groups is 1. The van der Waals surface area contributed by atoms with E-state index in [0.717, 1.165) is 53.1 Å². The lowest BCUT2D eigenvalue weighted by molar-refractivity contribution is -0.626. The van der Waals surface area contributed by atoms with E-state index >= 15 is 0 Å². The molecule has 1 fully saturated rings. The van der Waals surface area contributed by atoms with Gasteiger partial charge in [-0.05, 0) is 49.1 Å². The van der Waals surface area contributed by atoms with Gasteiger partial charge in [0, 0.05) is 36.0 Å². The Hall–Kier alpha value is -3.37. The van der Waals surface area contributed by atoms with Crippen LogP contribution in [0.15, 0.2) is 61.1 Å². The number of ether oxygens (including phenoxy) is 2. The zero-order valence-corrected chi connectivity index (χ0v) is 18.9. The lowest BCUT2D eigenvalue weighted by Crippen LogP contribution is -2.87. The molecule has 1 aromatic carbocycles. The van der Waals surface area contributed by atoms with Gasteiger partial charge in [0.2, 0.25) is 5.82 Å². The van der Waals surface area contributed by atoms with Crippen LogP contribution < -0.4 is 16.0 Å². The van der Waals surface area contributed by atoms with Crippen molar-refractivity contribution in [2.24, 2.45) is 0 Å². The first kappa shape index (κ1) is 21.2. The van der Waals surface area contributed by atoms with Gasteiger partial charge in [-0.25, -0.2) is 15.4 Å². The molecule has 0 aliphatic carbocycles. The van der Waals surface area contributed by atoms with Crippen molar-refractivity contribution >= 4 is 22.4 Å². The Labute approximate surface area is 197 Å². The number of fused-ring (bicyclic) bond motifs is 2. The van der Waals surface area contributed by atoms with Crippen LogP contribution in [-0.4, -0.2) is 39.3 Å². The molecule has 1 saturated heterocycles. The summed E-state index contributed by atoms with van der Waals surface area (Å²) in [6.45, 7) is 2.76. The van der Waals surface area contributed by atoms with Crippen molar-refractivity contribution in [3.05, 3.63) is 66.6 Å². The summed E-state index contributed by atoms with van der Waals surface area (Å²) in [5, 5.41) is 7.70. The largest absolute Gasteiger partial charge is 0.353 e. The van der Waals surface area contributed by atoms with E-state index in [-0.39, 0.29) is 6.29 Å². The molecule has 9 nitrogen and oxygen atoms in total. The Morgan fingerprint density at radius 2 is 2.18 bits per heavy atom. The second-order valence-corrected chi connectivity index (χ2v) is 8.66. The van der Waals surface area contributed by atoms with Crippen LogP contribution in [-0.2, 0) is 22.6 Å². The molecule has 0 amide bonds. The van der Waals surface area contributed by atoms with Gasteiger partial charge in [0.05, 0.1) is 37.1 Å². The van der Waals surface area contributed by atoms with Gasteiger partial charge in [-0.1, -0.05) is 17.7 Å². The molecular formula is C25H28N7O2+. The molecule has 9 heteroatoms. The van der Waals surface area contributed by atoms with Crippen molar-refractivity contribution in [3.63, 3.8) is 0 Å². The van der Waals surface area contributed by atoms with Crippen LogP contribution in [0, 0.1) is 0 Å². The van der Waals surface area contributed by atoms with Crippen molar-refractivity contribution in [1.82, 2.24) is 25.3 Å². The fourth-order valence-electron chi connectivity index (χ4n) is 4.42. The third kappa shape index (κ3) is 4.51. The van der Waals surface area contributed by atoms with Crippen molar-refractivity contribution in [2.45, 2.75) is 38.6 Å². The third-order valence-electron chi connectivity index (χ3n) is 6.24. The number of aromatic nitrogens is 4. The smallest absolute Gasteiger partial charge is 0.212 e. The molecule has 0 spiro atoms. The second-order valence-electron chi connectivity index (χ2n) is 8.66. The average molecular weight is 459 g/mol. The fourth-order valence-corrected chi connectivity index (χ4v) is 4.42. The summed E-state index contributed by atoms with van der Waals surface area (Å²) in [6.07, 6.45) is 8.89. The maximum absolute atomic E-state index is 5.84. The van der Waals surface area contributed by atoms with Gasteiger partial charge >= 0.3 is 0 Å². The highest BCUT2D eigenvalue weighted by molar-refractivity contribution is 5.79. The topological polar surface area (TPSA) is 93.9 Å². The minimum absolute atomic E-state index is 0.0734. The summed E-state index contributed by atoms with van der Waals surface area (Å²) in [5.41, 5.74) is 10.5. The molecule has 1 unspecified atom stereocenters. The number of nitrogens with zero attached hydrogens (tertiary/aromatic N) is 5. The summed E-state index contributed by atoms with van der Waals surface area (Å²) in [5.74, 6) is 0.911. The molecule has 3 N–H and O–H groups in total. The number of benzene rings is 1. The zero-order valence-electron chi connectivity index (χ0n) is 18.9. The standard InChI is InChI=1S/C25H27N7O2/c1-2-12-33-24(5-1)34-13-11-31-17-20(15-27-31)22-8-9-23-25(28-22)32(30-29-23)16-18-6-7-21-19(14-18)4-3-10-26-21/h3-4,6-10,14-15,17,24,29-30H,1-2,5,11-13,16H2/p+1. The SMILES string of the molecule is c1cnc2ccc(CN3N[NH2+]c4ccc(-c5cnn(CCOC6CCCCO6)c5)nc43)cc2c1. The highest BCUT2D eigenvalue weighted by atomic mass is 16.7. The lowest BCUT2D eigenvalue weighted by atomic mass is 10.1. The molecule has 3 aromatic heterocycles. The van der Waals surface area contributed by atoms with E-state index in [1.54, 1.807) is 0 Å². The van der Waals surface area contributed by atoms with Gasteiger partial charge in [-0.15, -0.1) is 0 Å². The van der Waals surface area contributed by atoms with Crippen molar-refractivity contribution in [2.75, 3.05) is 18.2 Å². The summed E-state index contributed by atoms with van der Waals surface area (Å²) in [4.78, 5) is 9.36. The van der Waals surface area contributed by atoms with Gasteiger partial charge in [-0.3, -0.25) is 9.67 Å². The summed E-state index contributed by atoms with van der Waals surface area (Å²) in [7, 11) is 0. The van der Waals surface area contributed by atoms with Crippen LogP contribution in [0.4, 0.5) is 11.5 Å². The number of hydrogen-bond donors (Lipinski definition) is 2. The number of anilines is 1. The van der Waals surface area contributed by atoms with Gasteiger partial charge in [-0.2, -0.15) is 5.10 Å². The summed E-state index contributed by atoms with van der Waals surface area (Å²) in [6, 6.07) is 14.5. The highest BCUT2D eigenvalue weighted by Gasteiger charge is 2.25.